The van der Waals surface area contributed by atoms with Crippen LogP contribution < -0.4 is 10.2 Å². The van der Waals surface area contributed by atoms with Crippen LogP contribution in [0.4, 0.5) is 15.8 Å². The summed E-state index contributed by atoms with van der Waals surface area (Å²) < 4.78 is 13.2. The largest absolute Gasteiger partial charge is 0.324 e. The van der Waals surface area contributed by atoms with Crippen LogP contribution in [-0.2, 0) is 14.4 Å². The number of rotatable bonds is 4. The van der Waals surface area contributed by atoms with Gasteiger partial charge in [-0.2, -0.15) is 5.11 Å². The molecule has 0 saturated carbocycles. The minimum absolute atomic E-state index is 0.228. The number of nitrogens with zero attached hydrogens (tertiary/aromatic N) is 4. The molecule has 1 fully saturated rings. The van der Waals surface area contributed by atoms with Gasteiger partial charge in [-0.1, -0.05) is 11.3 Å². The zero-order valence-electron chi connectivity index (χ0n) is 15.8. The monoisotopic (exact) mass is 395 g/mol. The number of carbonyl (C=O) groups excluding carboxylic acids is 3. The number of carbonyl (C=O) groups is 3. The van der Waals surface area contributed by atoms with Gasteiger partial charge in [0.2, 0.25) is 5.91 Å². The molecular weight excluding hydrogens is 377 g/mol. The van der Waals surface area contributed by atoms with Crippen molar-refractivity contribution in [3.05, 3.63) is 59.4 Å². The highest BCUT2D eigenvalue weighted by molar-refractivity contribution is 6.25. The number of hydrogen-bond acceptors (Lipinski definition) is 6. The third-order valence-electron chi connectivity index (χ3n) is 5.04. The smallest absolute Gasteiger partial charge is 0.263 e. The van der Waals surface area contributed by atoms with Crippen LogP contribution in [0.2, 0.25) is 0 Å². The Hall–Kier alpha value is -3.62. The predicted molar refractivity (Wildman–Crippen MR) is 103 cm³/mol. The van der Waals surface area contributed by atoms with Gasteiger partial charge in [-0.3, -0.25) is 19.4 Å². The molecule has 1 saturated heterocycles. The second kappa shape index (κ2) is 7.08. The molecule has 2 atom stereocenters. The molecule has 0 bridgehead atoms. The van der Waals surface area contributed by atoms with Gasteiger partial charge in [0.05, 0.1) is 5.69 Å². The van der Waals surface area contributed by atoms with Crippen molar-refractivity contribution in [2.75, 3.05) is 16.8 Å². The van der Waals surface area contributed by atoms with Crippen molar-refractivity contribution in [3.63, 3.8) is 0 Å². The van der Waals surface area contributed by atoms with Crippen LogP contribution in [0.25, 0.3) is 0 Å². The summed E-state index contributed by atoms with van der Waals surface area (Å²) in [4.78, 5) is 38.8. The van der Waals surface area contributed by atoms with Crippen molar-refractivity contribution >= 4 is 29.1 Å². The number of fused-ring (bicyclic) bond motifs is 1. The molecule has 1 N–H and O–H groups in total. The maximum absolute atomic E-state index is 13.2. The van der Waals surface area contributed by atoms with Gasteiger partial charge in [0.1, 0.15) is 12.4 Å². The lowest BCUT2D eigenvalue weighted by Crippen LogP contribution is -2.43. The fraction of sp³-hybridized carbons (Fsp3) is 0.250. The average Bonchev–Trinajstić information content (AvgIpc) is 3.19. The minimum atomic E-state index is -1.01. The van der Waals surface area contributed by atoms with Gasteiger partial charge in [-0.25, -0.2) is 9.29 Å². The van der Waals surface area contributed by atoms with Gasteiger partial charge in [0, 0.05) is 5.69 Å². The molecule has 0 aliphatic carbocycles. The van der Waals surface area contributed by atoms with E-state index in [1.807, 2.05) is 26.0 Å². The molecule has 3 amide bonds. The molecule has 0 aromatic heterocycles. The van der Waals surface area contributed by atoms with Crippen LogP contribution in [0, 0.1) is 19.7 Å². The number of halogens is 1. The molecule has 4 rings (SSSR count). The van der Waals surface area contributed by atoms with Crippen LogP contribution in [0.3, 0.4) is 0 Å². The van der Waals surface area contributed by atoms with Gasteiger partial charge in [-0.05, 0) is 61.4 Å². The van der Waals surface area contributed by atoms with E-state index in [9.17, 15) is 18.8 Å². The summed E-state index contributed by atoms with van der Waals surface area (Å²) in [5, 5.41) is 11.7. The normalized spacial score (nSPS) is 20.4. The van der Waals surface area contributed by atoms with Crippen molar-refractivity contribution in [2.45, 2.75) is 25.9 Å². The van der Waals surface area contributed by atoms with Gasteiger partial charge in [0.15, 0.2) is 12.1 Å². The average molecular weight is 395 g/mol. The number of nitrogens with one attached hydrogen (secondary N) is 1. The van der Waals surface area contributed by atoms with E-state index in [2.05, 4.69) is 15.7 Å². The number of imide groups is 1. The Morgan fingerprint density at radius 2 is 1.79 bits per heavy atom. The predicted octanol–water partition coefficient (Wildman–Crippen LogP) is 2.37. The summed E-state index contributed by atoms with van der Waals surface area (Å²) in [7, 11) is 0. The number of amides is 3. The van der Waals surface area contributed by atoms with E-state index in [0.717, 1.165) is 16.0 Å². The quantitative estimate of drug-likeness (QED) is 0.804. The van der Waals surface area contributed by atoms with E-state index >= 15 is 0 Å². The van der Waals surface area contributed by atoms with Crippen LogP contribution in [0.5, 0.6) is 0 Å². The SMILES string of the molecule is Cc1ccc(NC(=O)CN2N=N[C@H]3C(=O)N(c4ccc(F)cc4)C(=O)[C@@H]32)cc1C. The lowest BCUT2D eigenvalue weighted by Gasteiger charge is -2.20. The van der Waals surface area contributed by atoms with Gasteiger partial charge in [-0.15, -0.1) is 0 Å². The molecule has 29 heavy (non-hydrogen) atoms. The highest BCUT2D eigenvalue weighted by atomic mass is 19.1. The van der Waals surface area contributed by atoms with Crippen molar-refractivity contribution in [2.24, 2.45) is 10.3 Å². The molecule has 9 heteroatoms. The summed E-state index contributed by atoms with van der Waals surface area (Å²) in [5.41, 5.74) is 3.03. The molecule has 2 heterocycles. The molecule has 2 aliphatic rings. The molecule has 8 nitrogen and oxygen atoms in total. The number of benzene rings is 2. The molecule has 0 unspecified atom stereocenters. The first-order valence-electron chi connectivity index (χ1n) is 9.03. The van der Waals surface area contributed by atoms with E-state index in [-0.39, 0.29) is 18.1 Å². The van der Waals surface area contributed by atoms with E-state index < -0.39 is 29.7 Å². The van der Waals surface area contributed by atoms with Gasteiger partial charge >= 0.3 is 0 Å². The molecule has 148 valence electrons. The number of aryl methyl sites for hydroxylation is 2. The van der Waals surface area contributed by atoms with Crippen molar-refractivity contribution in [1.29, 1.82) is 0 Å². The molecule has 2 aromatic rings. The van der Waals surface area contributed by atoms with E-state index in [1.165, 1.54) is 29.3 Å². The summed E-state index contributed by atoms with van der Waals surface area (Å²) in [5.74, 6) is -1.95. The Bertz CT molecular complexity index is 1040. The van der Waals surface area contributed by atoms with Crippen LogP contribution in [0.1, 0.15) is 11.1 Å². The summed E-state index contributed by atoms with van der Waals surface area (Å²) in [6, 6.07) is 8.56. The van der Waals surface area contributed by atoms with Crippen molar-refractivity contribution in [3.8, 4) is 0 Å². The Morgan fingerprint density at radius 1 is 1.07 bits per heavy atom. The standard InChI is InChI=1S/C20H18FN5O3/c1-11-3-6-14(9-12(11)2)22-16(27)10-25-18-17(23-24-25)19(28)26(20(18)29)15-7-4-13(21)5-8-15/h3-9,17-18H,10H2,1-2H3,(H,22,27)/t17-,18-/m1/s1. The first-order chi connectivity index (χ1) is 13.8. The lowest BCUT2D eigenvalue weighted by molar-refractivity contribution is -0.123. The highest BCUT2D eigenvalue weighted by Crippen LogP contribution is 2.31. The first kappa shape index (κ1) is 18.7. The number of hydrogen-bond donors (Lipinski definition) is 1. The summed E-state index contributed by atoms with van der Waals surface area (Å²) in [6.07, 6.45) is 0. The zero-order chi connectivity index (χ0) is 20.7. The Balaban J connectivity index is 1.48. The Morgan fingerprint density at radius 3 is 2.48 bits per heavy atom. The minimum Gasteiger partial charge on any atom is -0.324 e. The summed E-state index contributed by atoms with van der Waals surface area (Å²) >= 11 is 0. The Kier molecular flexibility index (Phi) is 4.57. The second-order valence-corrected chi connectivity index (χ2v) is 7.03. The molecule has 0 spiro atoms. The topological polar surface area (TPSA) is 94.4 Å². The zero-order valence-corrected chi connectivity index (χ0v) is 15.8. The fourth-order valence-electron chi connectivity index (χ4n) is 3.37. The third-order valence-corrected chi connectivity index (χ3v) is 5.04. The third kappa shape index (κ3) is 3.35. The van der Waals surface area contributed by atoms with E-state index in [4.69, 9.17) is 0 Å². The Labute approximate surface area is 166 Å². The van der Waals surface area contributed by atoms with E-state index in [1.54, 1.807) is 6.07 Å². The lowest BCUT2D eigenvalue weighted by atomic mass is 10.1. The molecule has 0 radical (unpaired) electrons. The summed E-state index contributed by atoms with van der Waals surface area (Å²) in [6.45, 7) is 3.69. The molecular formula is C20H18FN5O3. The molecule has 2 aromatic carbocycles. The second-order valence-electron chi connectivity index (χ2n) is 7.03. The fourth-order valence-corrected chi connectivity index (χ4v) is 3.37. The van der Waals surface area contributed by atoms with Crippen LogP contribution >= 0.6 is 0 Å². The van der Waals surface area contributed by atoms with Crippen LogP contribution in [0.15, 0.2) is 52.8 Å². The van der Waals surface area contributed by atoms with Gasteiger partial charge in [0.25, 0.3) is 11.8 Å². The maximum atomic E-state index is 13.2. The van der Waals surface area contributed by atoms with Gasteiger partial charge < -0.3 is 5.32 Å². The maximum Gasteiger partial charge on any atom is 0.263 e. The van der Waals surface area contributed by atoms with Crippen LogP contribution in [-0.4, -0.2) is 41.4 Å². The van der Waals surface area contributed by atoms with E-state index in [0.29, 0.717) is 5.69 Å². The molecule has 2 aliphatic heterocycles. The van der Waals surface area contributed by atoms with Crippen molar-refractivity contribution < 1.29 is 18.8 Å². The van der Waals surface area contributed by atoms with Crippen molar-refractivity contribution in [1.82, 2.24) is 5.01 Å². The highest BCUT2D eigenvalue weighted by Gasteiger charge is 2.55. The first-order valence-corrected chi connectivity index (χ1v) is 9.03. The number of anilines is 2.